The van der Waals surface area contributed by atoms with Gasteiger partial charge in [0, 0.05) is 61.7 Å². The third-order valence-corrected chi connectivity index (χ3v) is 12.0. The van der Waals surface area contributed by atoms with Gasteiger partial charge in [-0.2, -0.15) is 0 Å². The second kappa shape index (κ2) is 13.2. The van der Waals surface area contributed by atoms with Crippen LogP contribution in [-0.2, 0) is 52.4 Å². The Bertz CT molecular complexity index is 1510. The predicted octanol–water partition coefficient (Wildman–Crippen LogP) is 5.08. The molecule has 12 nitrogen and oxygen atoms in total. The number of methoxy groups -OCH3 is 1. The van der Waals surface area contributed by atoms with Gasteiger partial charge in [0.2, 0.25) is 0 Å². The van der Waals surface area contributed by atoms with E-state index < -0.39 is 94.4 Å². The van der Waals surface area contributed by atoms with Crippen LogP contribution in [0.1, 0.15) is 93.1 Å². The van der Waals surface area contributed by atoms with E-state index in [-0.39, 0.29) is 25.4 Å². The van der Waals surface area contributed by atoms with Crippen LogP contribution in [0, 0.1) is 34.0 Å². The number of carbonyl (C=O) groups excluding carboxylic acids is 5. The van der Waals surface area contributed by atoms with Gasteiger partial charge in [-0.05, 0) is 36.5 Å². The normalized spacial score (nSPS) is 38.1. The van der Waals surface area contributed by atoms with Crippen molar-refractivity contribution >= 4 is 29.8 Å². The second-order valence-corrected chi connectivity index (χ2v) is 15.2. The average molecular weight is 687 g/mol. The molecule has 1 aliphatic heterocycles. The Labute approximate surface area is 287 Å². The fourth-order valence-corrected chi connectivity index (χ4v) is 10.1. The largest absolute Gasteiger partial charge is 0.472 e. The first-order chi connectivity index (χ1) is 22.9. The lowest BCUT2D eigenvalue weighted by Gasteiger charge is -2.66. The molecule has 0 spiro atoms. The zero-order valence-electron chi connectivity index (χ0n) is 30.2. The molecule has 1 aromatic heterocycles. The molecule has 49 heavy (non-hydrogen) atoms. The lowest BCUT2D eigenvalue weighted by Crippen LogP contribution is -2.72. The van der Waals surface area contributed by atoms with Gasteiger partial charge < -0.3 is 32.8 Å². The van der Waals surface area contributed by atoms with Crippen molar-refractivity contribution in [1.82, 2.24) is 0 Å². The Kier molecular flexibility index (Phi) is 9.88. The summed E-state index contributed by atoms with van der Waals surface area (Å²) in [6, 6.07) is 1.86. The molecule has 12 heteroatoms. The van der Waals surface area contributed by atoms with Gasteiger partial charge in [-0.1, -0.05) is 40.2 Å². The van der Waals surface area contributed by atoms with Crippen LogP contribution in [0.3, 0.4) is 0 Å². The number of ether oxygens (including phenoxy) is 6. The van der Waals surface area contributed by atoms with E-state index in [4.69, 9.17) is 32.8 Å². The van der Waals surface area contributed by atoms with Gasteiger partial charge in [0.1, 0.15) is 24.4 Å². The van der Waals surface area contributed by atoms with Crippen molar-refractivity contribution in [2.24, 2.45) is 34.0 Å². The van der Waals surface area contributed by atoms with Gasteiger partial charge in [-0.15, -0.1) is 0 Å². The standard InChI is InChI=1S/C37H50O12/c1-18(2)34(42)49-33-31-32-35(7,17-45-31)27(47-21(5)39)15-28(48-22(6)40)36(32,8)26(14-29(41)43-10)37(33,9)30-19(3)24(23-11-12-44-16-23)13-25(30)46-20(4)38/h11-12,16,18,24-28,31-33H,13-15,17H2,1-10H3/t24-,25+,26-,27-,28+,31-,32-,33-,35-,36+,37-/m1/s1. The number of rotatable bonds is 9. The smallest absolute Gasteiger partial charge is 0.308 e. The maximum Gasteiger partial charge on any atom is 0.308 e. The van der Waals surface area contributed by atoms with E-state index in [9.17, 15) is 24.0 Å². The van der Waals surface area contributed by atoms with Crippen molar-refractivity contribution in [3.8, 4) is 0 Å². The summed E-state index contributed by atoms with van der Waals surface area (Å²) in [5, 5.41) is 0. The fourth-order valence-electron chi connectivity index (χ4n) is 10.1. The summed E-state index contributed by atoms with van der Waals surface area (Å²) < 4.78 is 42.1. The van der Waals surface area contributed by atoms with Crippen LogP contribution in [-0.4, -0.2) is 74.1 Å². The third kappa shape index (κ3) is 5.97. The maximum absolute atomic E-state index is 13.7. The van der Waals surface area contributed by atoms with Crippen LogP contribution in [0.2, 0.25) is 0 Å². The summed E-state index contributed by atoms with van der Waals surface area (Å²) in [5.41, 5.74) is -0.578. The molecule has 1 aromatic rings. The molecule has 270 valence electrons. The molecule has 11 atom stereocenters. The minimum atomic E-state index is -1.23. The minimum Gasteiger partial charge on any atom is -0.472 e. The molecule has 2 saturated carbocycles. The van der Waals surface area contributed by atoms with Gasteiger partial charge in [0.25, 0.3) is 0 Å². The molecular formula is C37H50O12. The Balaban J connectivity index is 1.84. The van der Waals surface area contributed by atoms with E-state index >= 15 is 0 Å². The molecular weight excluding hydrogens is 636 g/mol. The molecule has 5 rings (SSSR count). The molecule has 3 fully saturated rings. The van der Waals surface area contributed by atoms with Gasteiger partial charge in [0.05, 0.1) is 38.3 Å². The maximum atomic E-state index is 13.7. The predicted molar refractivity (Wildman–Crippen MR) is 172 cm³/mol. The van der Waals surface area contributed by atoms with Crippen molar-refractivity contribution < 1.29 is 56.8 Å². The molecule has 0 amide bonds. The van der Waals surface area contributed by atoms with Crippen molar-refractivity contribution in [3.63, 3.8) is 0 Å². The summed E-state index contributed by atoms with van der Waals surface area (Å²) in [6.07, 6.45) is -0.404. The van der Waals surface area contributed by atoms with Gasteiger partial charge in [0.15, 0.2) is 0 Å². The second-order valence-electron chi connectivity index (χ2n) is 15.2. The lowest BCUT2D eigenvalue weighted by molar-refractivity contribution is -0.261. The highest BCUT2D eigenvalue weighted by Gasteiger charge is 2.77. The fraction of sp³-hybridized carbons (Fsp3) is 0.703. The summed E-state index contributed by atoms with van der Waals surface area (Å²) in [5.74, 6) is -4.44. The first kappa shape index (κ1) is 36.6. The van der Waals surface area contributed by atoms with Crippen LogP contribution < -0.4 is 0 Å². The molecule has 0 radical (unpaired) electrons. The zero-order chi connectivity index (χ0) is 36.2. The summed E-state index contributed by atoms with van der Waals surface area (Å²) in [7, 11) is 1.31. The minimum absolute atomic E-state index is 0.144. The monoisotopic (exact) mass is 686 g/mol. The van der Waals surface area contributed by atoms with E-state index in [1.807, 2.05) is 33.8 Å². The molecule has 0 unspecified atom stereocenters. The molecule has 0 bridgehead atoms. The Morgan fingerprint density at radius 2 is 1.55 bits per heavy atom. The third-order valence-electron chi connectivity index (χ3n) is 12.0. The van der Waals surface area contributed by atoms with Crippen LogP contribution in [0.15, 0.2) is 34.2 Å². The number of esters is 5. The molecule has 0 aromatic carbocycles. The number of hydrogen-bond donors (Lipinski definition) is 0. The number of furan rings is 1. The first-order valence-electron chi connectivity index (χ1n) is 17.0. The quantitative estimate of drug-likeness (QED) is 0.193. The van der Waals surface area contributed by atoms with Crippen LogP contribution in [0.5, 0.6) is 0 Å². The first-order valence-corrected chi connectivity index (χ1v) is 17.0. The SMILES string of the molecule is COC(=O)C[C@H]1[C@](C)(C2=C(C)[C@H](c3ccoc3)C[C@@H]2OC(C)=O)[C@H](OC(=O)C(C)C)[C@@H]2OC[C@@]3(C)[C@@H]2[C@]1(C)[C@@H](OC(C)=O)C[C@H]3OC(C)=O. The van der Waals surface area contributed by atoms with Crippen molar-refractivity contribution in [1.29, 1.82) is 0 Å². The van der Waals surface area contributed by atoms with Crippen molar-refractivity contribution in [2.75, 3.05) is 13.7 Å². The van der Waals surface area contributed by atoms with Crippen molar-refractivity contribution in [2.45, 2.75) is 118 Å². The van der Waals surface area contributed by atoms with Crippen LogP contribution in [0.25, 0.3) is 0 Å². The van der Waals surface area contributed by atoms with Crippen LogP contribution >= 0.6 is 0 Å². The zero-order valence-corrected chi connectivity index (χ0v) is 30.2. The Morgan fingerprint density at radius 1 is 0.918 bits per heavy atom. The number of carbonyl (C=O) groups is 5. The highest BCUT2D eigenvalue weighted by molar-refractivity contribution is 5.73. The highest BCUT2D eigenvalue weighted by atomic mass is 16.6. The lowest BCUT2D eigenvalue weighted by atomic mass is 9.39. The molecule has 1 saturated heterocycles. The molecule has 2 heterocycles. The van der Waals surface area contributed by atoms with Gasteiger partial charge in [-0.3, -0.25) is 24.0 Å². The Morgan fingerprint density at radius 3 is 2.10 bits per heavy atom. The van der Waals surface area contributed by atoms with E-state index in [1.165, 1.54) is 27.9 Å². The van der Waals surface area contributed by atoms with Gasteiger partial charge >= 0.3 is 29.8 Å². The highest BCUT2D eigenvalue weighted by Crippen LogP contribution is 2.72. The van der Waals surface area contributed by atoms with Crippen LogP contribution in [0.4, 0.5) is 0 Å². The number of allylic oxidation sites excluding steroid dienone is 1. The van der Waals surface area contributed by atoms with Crippen molar-refractivity contribution in [3.05, 3.63) is 35.3 Å². The number of hydrogen-bond acceptors (Lipinski definition) is 12. The van der Waals surface area contributed by atoms with E-state index in [1.54, 1.807) is 26.4 Å². The average Bonchev–Trinajstić information content (AvgIpc) is 3.74. The molecule has 0 N–H and O–H groups in total. The summed E-state index contributed by atoms with van der Waals surface area (Å²) in [4.78, 5) is 65.2. The summed E-state index contributed by atoms with van der Waals surface area (Å²) in [6.45, 7) is 15.5. The van der Waals surface area contributed by atoms with E-state index in [0.29, 0.717) is 12.0 Å². The summed E-state index contributed by atoms with van der Waals surface area (Å²) >= 11 is 0. The van der Waals surface area contributed by atoms with E-state index in [0.717, 1.165) is 11.1 Å². The van der Waals surface area contributed by atoms with Gasteiger partial charge in [-0.25, -0.2) is 0 Å². The Hall–Kier alpha value is -3.67. The van der Waals surface area contributed by atoms with E-state index in [2.05, 4.69) is 0 Å². The molecule has 3 aliphatic carbocycles. The topological polar surface area (TPSA) is 154 Å². The molecule has 4 aliphatic rings.